The van der Waals surface area contributed by atoms with Gasteiger partial charge in [0, 0.05) is 26.1 Å². The summed E-state index contributed by atoms with van der Waals surface area (Å²) in [5.41, 5.74) is 4.16. The number of fused-ring (bicyclic) bond motifs is 7. The van der Waals surface area contributed by atoms with E-state index in [1.54, 1.807) is 17.0 Å². The number of aromatic carboxylic acids is 1. The third kappa shape index (κ3) is 5.33. The van der Waals surface area contributed by atoms with E-state index in [9.17, 15) is 19.5 Å². The monoisotopic (exact) mass is 686 g/mol. The minimum absolute atomic E-state index is 0.0199. The number of esters is 1. The summed E-state index contributed by atoms with van der Waals surface area (Å²) in [6.07, 6.45) is 17.4. The molecule has 0 bridgehead atoms. The Labute approximate surface area is 300 Å². The minimum atomic E-state index is -0.869. The second-order valence-electron chi connectivity index (χ2n) is 18.7. The van der Waals surface area contributed by atoms with Crippen LogP contribution in [0.5, 0.6) is 0 Å². The Bertz CT molecular complexity index is 1530. The van der Waals surface area contributed by atoms with Crippen LogP contribution in [-0.4, -0.2) is 60.6 Å². The van der Waals surface area contributed by atoms with Gasteiger partial charge in [-0.15, -0.1) is 0 Å². The highest BCUT2D eigenvalue weighted by atomic mass is 16.5. The number of rotatable bonds is 8. The van der Waals surface area contributed by atoms with Crippen LogP contribution in [0.25, 0.3) is 5.57 Å². The Hall–Kier alpha value is -2.67. The van der Waals surface area contributed by atoms with Gasteiger partial charge in [-0.1, -0.05) is 59.2 Å². The highest BCUT2D eigenvalue weighted by Gasteiger charge is 2.69. The van der Waals surface area contributed by atoms with Gasteiger partial charge >= 0.3 is 11.9 Å². The summed E-state index contributed by atoms with van der Waals surface area (Å²) in [5, 5.41) is 13.2. The van der Waals surface area contributed by atoms with E-state index < -0.39 is 12.0 Å². The maximum absolute atomic E-state index is 13.1. The topological polar surface area (TPSA) is 95.9 Å². The van der Waals surface area contributed by atoms with E-state index in [0.29, 0.717) is 59.6 Å². The molecule has 6 aliphatic rings. The first-order chi connectivity index (χ1) is 23.7. The lowest BCUT2D eigenvalue weighted by atomic mass is 9.32. The molecule has 0 spiro atoms. The lowest BCUT2D eigenvalue weighted by molar-refractivity contribution is -0.222. The van der Waals surface area contributed by atoms with Crippen molar-refractivity contribution < 1.29 is 24.2 Å². The van der Waals surface area contributed by atoms with E-state index in [1.807, 2.05) is 12.1 Å². The molecule has 274 valence electrons. The van der Waals surface area contributed by atoms with Gasteiger partial charge in [-0.3, -0.25) is 4.79 Å². The molecule has 1 amide bonds. The Kier molecular flexibility index (Phi) is 9.13. The van der Waals surface area contributed by atoms with Gasteiger partial charge in [-0.2, -0.15) is 0 Å². The molecule has 3 unspecified atom stereocenters. The van der Waals surface area contributed by atoms with Crippen LogP contribution in [0.3, 0.4) is 0 Å². The Morgan fingerprint density at radius 1 is 0.860 bits per heavy atom. The van der Waals surface area contributed by atoms with Gasteiger partial charge in [0.05, 0.1) is 12.7 Å². The van der Waals surface area contributed by atoms with Crippen LogP contribution in [-0.2, 0) is 14.3 Å². The first kappa shape index (κ1) is 35.7. The molecule has 1 aromatic carbocycles. The SMILES string of the molecule is COC(=O)[C@@H]1CCCN1C(=O)CCNC[C@]12CCCC1[C@H]1CCC3[C@@]4(C)CC=C(c5ccc(C(=O)O)cc5)C(C)(C)C4CC[C@@]3(C)[C@]1(C)CC2. The number of carboxylic acid groups (broad SMARTS) is 1. The number of ether oxygens (including phenoxy) is 1. The summed E-state index contributed by atoms with van der Waals surface area (Å²) in [7, 11) is 1.41. The molecule has 0 radical (unpaired) electrons. The Balaban J connectivity index is 1.05. The molecule has 5 aliphatic carbocycles. The largest absolute Gasteiger partial charge is 0.478 e. The number of nitrogens with one attached hydrogen (secondary N) is 1. The molecule has 7 rings (SSSR count). The number of allylic oxidation sites excluding steroid dienone is 2. The Morgan fingerprint density at radius 2 is 1.62 bits per heavy atom. The predicted molar refractivity (Wildman–Crippen MR) is 196 cm³/mol. The van der Waals surface area contributed by atoms with Crippen LogP contribution in [0.1, 0.15) is 134 Å². The fourth-order valence-corrected chi connectivity index (χ4v) is 14.0. The van der Waals surface area contributed by atoms with Crippen molar-refractivity contribution >= 4 is 23.4 Å². The first-order valence-electron chi connectivity index (χ1n) is 19.8. The van der Waals surface area contributed by atoms with Crippen molar-refractivity contribution in [3.8, 4) is 0 Å². The number of benzene rings is 1. The molecule has 1 aromatic rings. The van der Waals surface area contributed by atoms with Crippen LogP contribution in [0, 0.1) is 50.7 Å². The summed E-state index contributed by atoms with van der Waals surface area (Å²) in [6.45, 7) is 15.3. The molecule has 7 nitrogen and oxygen atoms in total. The molecule has 4 saturated carbocycles. The normalized spacial score (nSPS) is 40.2. The smallest absolute Gasteiger partial charge is 0.335 e. The van der Waals surface area contributed by atoms with Crippen molar-refractivity contribution in [1.29, 1.82) is 0 Å². The fourth-order valence-electron chi connectivity index (χ4n) is 14.0. The van der Waals surface area contributed by atoms with Crippen molar-refractivity contribution in [2.75, 3.05) is 26.7 Å². The molecule has 0 aromatic heterocycles. The van der Waals surface area contributed by atoms with Gasteiger partial charge in [-0.25, -0.2) is 9.59 Å². The van der Waals surface area contributed by atoms with Crippen LogP contribution < -0.4 is 5.32 Å². The summed E-state index contributed by atoms with van der Waals surface area (Å²) >= 11 is 0. The predicted octanol–water partition coefficient (Wildman–Crippen LogP) is 8.38. The molecule has 2 N–H and O–H groups in total. The van der Waals surface area contributed by atoms with Crippen LogP contribution in [0.15, 0.2) is 30.3 Å². The number of hydrogen-bond acceptors (Lipinski definition) is 5. The van der Waals surface area contributed by atoms with E-state index >= 15 is 0 Å². The van der Waals surface area contributed by atoms with E-state index in [0.717, 1.165) is 31.2 Å². The Morgan fingerprint density at radius 3 is 2.34 bits per heavy atom. The van der Waals surface area contributed by atoms with Gasteiger partial charge in [-0.05, 0) is 145 Å². The van der Waals surface area contributed by atoms with Crippen molar-refractivity contribution in [3.05, 3.63) is 41.5 Å². The van der Waals surface area contributed by atoms with Gasteiger partial charge in [0.1, 0.15) is 6.04 Å². The molecule has 1 aliphatic heterocycles. The van der Waals surface area contributed by atoms with Crippen molar-refractivity contribution in [3.63, 3.8) is 0 Å². The van der Waals surface area contributed by atoms with Gasteiger partial charge < -0.3 is 20.1 Å². The van der Waals surface area contributed by atoms with E-state index in [2.05, 4.69) is 46.0 Å². The summed E-state index contributed by atoms with van der Waals surface area (Å²) in [6, 6.07) is 7.16. The lowest BCUT2D eigenvalue weighted by Crippen LogP contribution is -2.65. The zero-order valence-electron chi connectivity index (χ0n) is 31.6. The molecular weight excluding hydrogens is 624 g/mol. The second kappa shape index (κ2) is 12.8. The minimum Gasteiger partial charge on any atom is -0.478 e. The number of nitrogens with zero attached hydrogens (tertiary/aromatic N) is 1. The third-order valence-corrected chi connectivity index (χ3v) is 16.6. The number of carbonyl (C=O) groups is 3. The highest BCUT2D eigenvalue weighted by molar-refractivity contribution is 5.88. The highest BCUT2D eigenvalue weighted by Crippen LogP contribution is 2.77. The zero-order valence-corrected chi connectivity index (χ0v) is 31.6. The quantitative estimate of drug-likeness (QED) is 0.211. The lowest BCUT2D eigenvalue weighted by Gasteiger charge is -2.72. The molecule has 1 saturated heterocycles. The molecule has 1 heterocycles. The second-order valence-corrected chi connectivity index (χ2v) is 18.7. The number of hydrogen-bond donors (Lipinski definition) is 2. The van der Waals surface area contributed by atoms with Crippen molar-refractivity contribution in [2.45, 2.75) is 124 Å². The first-order valence-corrected chi connectivity index (χ1v) is 19.8. The van der Waals surface area contributed by atoms with E-state index in [1.165, 1.54) is 76.0 Å². The maximum atomic E-state index is 13.1. The maximum Gasteiger partial charge on any atom is 0.335 e. The number of methoxy groups -OCH3 is 1. The molecule has 50 heavy (non-hydrogen) atoms. The van der Waals surface area contributed by atoms with Crippen molar-refractivity contribution in [1.82, 2.24) is 10.2 Å². The van der Waals surface area contributed by atoms with Gasteiger partial charge in [0.25, 0.3) is 0 Å². The number of carboxylic acids is 1. The number of likely N-dealkylation sites (tertiary alicyclic amines) is 1. The zero-order chi connectivity index (χ0) is 35.7. The molecular formula is C43H62N2O5. The van der Waals surface area contributed by atoms with Crippen molar-refractivity contribution in [2.24, 2.45) is 50.7 Å². The fraction of sp³-hybridized carbons (Fsp3) is 0.744. The molecule has 9 atom stereocenters. The average molecular weight is 687 g/mol. The van der Waals surface area contributed by atoms with Crippen LogP contribution >= 0.6 is 0 Å². The standard InChI is InChI=1S/C43H62N2O5/c1-39(2)30(28-11-13-29(14-12-28)37(47)48)17-21-40(3)34(39)18-22-42(5)35(40)16-15-31-32-9-7-20-43(32,24-23-41(31,42)4)27-44-25-19-36(46)45-26-8-10-33(45)38(49)50-6/h11-14,17,31-35,44H,7-10,15-16,18-27H2,1-6H3,(H,47,48)/t31-,32?,33+,34?,35?,40+,41-,42-,43-/m1/s1. The summed E-state index contributed by atoms with van der Waals surface area (Å²) in [5.74, 6) is 1.71. The van der Waals surface area contributed by atoms with Gasteiger partial charge in [0.2, 0.25) is 5.91 Å². The molecule has 5 fully saturated rings. The van der Waals surface area contributed by atoms with Crippen LogP contribution in [0.2, 0.25) is 0 Å². The summed E-state index contributed by atoms with van der Waals surface area (Å²) in [4.78, 5) is 38.6. The average Bonchev–Trinajstić information content (AvgIpc) is 3.75. The number of carbonyl (C=O) groups excluding carboxylic acids is 2. The number of amides is 1. The third-order valence-electron chi connectivity index (χ3n) is 16.6. The van der Waals surface area contributed by atoms with E-state index in [4.69, 9.17) is 4.74 Å². The molecule has 7 heteroatoms. The van der Waals surface area contributed by atoms with Crippen LogP contribution in [0.4, 0.5) is 0 Å². The van der Waals surface area contributed by atoms with E-state index in [-0.39, 0.29) is 22.7 Å². The van der Waals surface area contributed by atoms with Gasteiger partial charge in [0.15, 0.2) is 0 Å². The summed E-state index contributed by atoms with van der Waals surface area (Å²) < 4.78 is 4.96.